The van der Waals surface area contributed by atoms with Crippen molar-refractivity contribution < 1.29 is 0 Å². The van der Waals surface area contributed by atoms with Crippen LogP contribution in [0.4, 0.5) is 0 Å². The molecule has 0 aliphatic rings. The Morgan fingerprint density at radius 3 is 2.65 bits per heavy atom. The zero-order valence-corrected chi connectivity index (χ0v) is 14.1. The van der Waals surface area contributed by atoms with E-state index in [-0.39, 0.29) is 5.38 Å². The summed E-state index contributed by atoms with van der Waals surface area (Å²) in [6.45, 7) is 3.58. The van der Waals surface area contributed by atoms with E-state index >= 15 is 0 Å². The predicted molar refractivity (Wildman–Crippen MR) is 87.0 cm³/mol. The van der Waals surface area contributed by atoms with Crippen LogP contribution in [0.3, 0.4) is 0 Å². The first-order valence-corrected chi connectivity index (χ1v) is 7.96. The van der Waals surface area contributed by atoms with Gasteiger partial charge in [-0.1, -0.05) is 37.3 Å². The van der Waals surface area contributed by atoms with Crippen LogP contribution in [0.5, 0.6) is 0 Å². The molecule has 0 saturated heterocycles. The summed E-state index contributed by atoms with van der Waals surface area (Å²) >= 11 is 10.0. The molecule has 0 aliphatic heterocycles. The first kappa shape index (κ1) is 15.5. The number of nitrogens with one attached hydrogen (secondary N) is 1. The van der Waals surface area contributed by atoms with Crippen LogP contribution in [0.15, 0.2) is 34.8 Å². The second-order valence-corrected chi connectivity index (χ2v) is 6.01. The van der Waals surface area contributed by atoms with E-state index < -0.39 is 0 Å². The van der Waals surface area contributed by atoms with Gasteiger partial charge >= 0.3 is 0 Å². The van der Waals surface area contributed by atoms with Crippen molar-refractivity contribution >= 4 is 27.5 Å². The predicted octanol–water partition coefficient (Wildman–Crippen LogP) is 3.81. The van der Waals surface area contributed by atoms with Gasteiger partial charge in [-0.15, -0.1) is 11.6 Å². The van der Waals surface area contributed by atoms with Gasteiger partial charge in [0.15, 0.2) is 0 Å². The van der Waals surface area contributed by atoms with Crippen molar-refractivity contribution in [2.75, 3.05) is 6.54 Å². The van der Waals surface area contributed by atoms with E-state index in [9.17, 15) is 0 Å². The van der Waals surface area contributed by atoms with Gasteiger partial charge in [0.25, 0.3) is 0 Å². The van der Waals surface area contributed by atoms with Gasteiger partial charge in [-0.2, -0.15) is 5.10 Å². The van der Waals surface area contributed by atoms with Crippen LogP contribution >= 0.6 is 27.5 Å². The highest BCUT2D eigenvalue weighted by molar-refractivity contribution is 9.10. The quantitative estimate of drug-likeness (QED) is 0.798. The largest absolute Gasteiger partial charge is 0.309 e. The Balaban J connectivity index is 1.92. The van der Waals surface area contributed by atoms with Gasteiger partial charge < -0.3 is 5.32 Å². The van der Waals surface area contributed by atoms with Gasteiger partial charge in [0, 0.05) is 20.1 Å². The fourth-order valence-electron chi connectivity index (χ4n) is 2.11. The second-order valence-electron chi connectivity index (χ2n) is 4.69. The lowest BCUT2D eigenvalue weighted by atomic mass is 10.1. The van der Waals surface area contributed by atoms with Crippen LogP contribution in [0.25, 0.3) is 0 Å². The van der Waals surface area contributed by atoms with Crippen LogP contribution in [-0.4, -0.2) is 16.3 Å². The summed E-state index contributed by atoms with van der Waals surface area (Å²) < 4.78 is 3.02. The number of aromatic nitrogens is 2. The standard InChI is InChI=1S/C15H19BrClN3/c1-3-13-15(16)14(20(2)19-13)10-18-9-12(17)11-7-5-4-6-8-11/h4-8,12,18H,3,9-10H2,1-2H3. The number of benzene rings is 1. The zero-order valence-electron chi connectivity index (χ0n) is 11.7. The fourth-order valence-corrected chi connectivity index (χ4v) is 3.12. The van der Waals surface area contributed by atoms with Crippen molar-refractivity contribution in [3.63, 3.8) is 0 Å². The molecule has 5 heteroatoms. The monoisotopic (exact) mass is 355 g/mol. The molecule has 108 valence electrons. The minimum absolute atomic E-state index is 0.0196. The molecule has 0 saturated carbocycles. The van der Waals surface area contributed by atoms with Crippen LogP contribution in [-0.2, 0) is 20.0 Å². The first-order chi connectivity index (χ1) is 9.63. The number of alkyl halides is 1. The van der Waals surface area contributed by atoms with Gasteiger partial charge in [0.05, 0.1) is 21.2 Å². The summed E-state index contributed by atoms with van der Waals surface area (Å²) in [4.78, 5) is 0. The van der Waals surface area contributed by atoms with Gasteiger partial charge in [-0.3, -0.25) is 4.68 Å². The molecular formula is C15H19BrClN3. The third-order valence-corrected chi connectivity index (χ3v) is 4.60. The third-order valence-electron chi connectivity index (χ3n) is 3.28. The molecule has 2 rings (SSSR count). The minimum Gasteiger partial charge on any atom is -0.309 e. The van der Waals surface area contributed by atoms with E-state index in [1.807, 2.05) is 29.9 Å². The minimum atomic E-state index is -0.0196. The highest BCUT2D eigenvalue weighted by atomic mass is 79.9. The fraction of sp³-hybridized carbons (Fsp3) is 0.400. The molecule has 3 nitrogen and oxygen atoms in total. The number of hydrogen-bond donors (Lipinski definition) is 1. The molecule has 1 aromatic carbocycles. The van der Waals surface area contributed by atoms with Gasteiger partial charge in [-0.05, 0) is 27.9 Å². The molecule has 0 radical (unpaired) electrons. The number of halogens is 2. The summed E-state index contributed by atoms with van der Waals surface area (Å²) in [5.74, 6) is 0. The number of aryl methyl sites for hydroxylation is 2. The lowest BCUT2D eigenvalue weighted by Gasteiger charge is -2.11. The Kier molecular flexibility index (Phi) is 5.64. The Bertz CT molecular complexity index is 554. The Labute approximate surface area is 133 Å². The van der Waals surface area contributed by atoms with E-state index in [2.05, 4.69) is 45.4 Å². The number of hydrogen-bond acceptors (Lipinski definition) is 2. The lowest BCUT2D eigenvalue weighted by molar-refractivity contribution is 0.616. The molecule has 0 aliphatic carbocycles. The molecule has 1 aromatic heterocycles. The van der Waals surface area contributed by atoms with Gasteiger partial charge in [0.2, 0.25) is 0 Å². The molecule has 0 fully saturated rings. The van der Waals surface area contributed by atoms with Crippen molar-refractivity contribution in [1.82, 2.24) is 15.1 Å². The molecule has 2 aromatic rings. The third kappa shape index (κ3) is 3.62. The van der Waals surface area contributed by atoms with Crippen molar-refractivity contribution in [3.05, 3.63) is 51.8 Å². The molecule has 1 heterocycles. The summed E-state index contributed by atoms with van der Waals surface area (Å²) in [5.41, 5.74) is 3.38. The summed E-state index contributed by atoms with van der Waals surface area (Å²) in [7, 11) is 1.97. The molecule has 1 atom stereocenters. The van der Waals surface area contributed by atoms with Crippen molar-refractivity contribution in [1.29, 1.82) is 0 Å². The van der Waals surface area contributed by atoms with Crippen LogP contribution < -0.4 is 5.32 Å². The molecule has 0 bridgehead atoms. The Morgan fingerprint density at radius 1 is 1.35 bits per heavy atom. The summed E-state index contributed by atoms with van der Waals surface area (Å²) in [5, 5.41) is 7.86. The van der Waals surface area contributed by atoms with Crippen molar-refractivity contribution in [2.45, 2.75) is 25.3 Å². The van der Waals surface area contributed by atoms with E-state index in [0.717, 1.165) is 40.9 Å². The van der Waals surface area contributed by atoms with Crippen LogP contribution in [0.2, 0.25) is 0 Å². The van der Waals surface area contributed by atoms with Crippen molar-refractivity contribution in [3.8, 4) is 0 Å². The van der Waals surface area contributed by atoms with Gasteiger partial charge in [-0.25, -0.2) is 0 Å². The number of rotatable bonds is 6. The highest BCUT2D eigenvalue weighted by Gasteiger charge is 2.13. The van der Waals surface area contributed by atoms with E-state index in [1.165, 1.54) is 0 Å². The average molecular weight is 357 g/mol. The summed E-state index contributed by atoms with van der Waals surface area (Å²) in [6.07, 6.45) is 0.927. The maximum atomic E-state index is 6.39. The molecule has 1 unspecified atom stereocenters. The van der Waals surface area contributed by atoms with E-state index in [4.69, 9.17) is 11.6 Å². The van der Waals surface area contributed by atoms with Crippen molar-refractivity contribution in [2.24, 2.45) is 7.05 Å². The lowest BCUT2D eigenvalue weighted by Crippen LogP contribution is -2.20. The average Bonchev–Trinajstić information content (AvgIpc) is 2.75. The zero-order chi connectivity index (χ0) is 14.5. The topological polar surface area (TPSA) is 29.9 Å². The maximum Gasteiger partial charge on any atom is 0.0767 e. The smallest absolute Gasteiger partial charge is 0.0767 e. The molecule has 0 amide bonds. The SMILES string of the molecule is CCc1nn(C)c(CNCC(Cl)c2ccccc2)c1Br. The second kappa shape index (κ2) is 7.25. The molecule has 20 heavy (non-hydrogen) atoms. The Hall–Kier alpha value is -0.840. The molecule has 0 spiro atoms. The maximum absolute atomic E-state index is 6.39. The number of nitrogens with zero attached hydrogens (tertiary/aromatic N) is 2. The van der Waals surface area contributed by atoms with Crippen LogP contribution in [0, 0.1) is 0 Å². The van der Waals surface area contributed by atoms with E-state index in [1.54, 1.807) is 0 Å². The highest BCUT2D eigenvalue weighted by Crippen LogP contribution is 2.22. The summed E-state index contributed by atoms with van der Waals surface area (Å²) in [6, 6.07) is 10.1. The van der Waals surface area contributed by atoms with Gasteiger partial charge in [0.1, 0.15) is 0 Å². The molecule has 1 N–H and O–H groups in total. The van der Waals surface area contributed by atoms with Crippen LogP contribution in [0.1, 0.15) is 29.3 Å². The first-order valence-electron chi connectivity index (χ1n) is 6.73. The Morgan fingerprint density at radius 2 is 2.05 bits per heavy atom. The normalized spacial score (nSPS) is 12.6. The molecular weight excluding hydrogens is 338 g/mol. The van der Waals surface area contributed by atoms with E-state index in [0.29, 0.717) is 0 Å².